The molecule has 0 unspecified atom stereocenters. The zero-order valence-electron chi connectivity index (χ0n) is 9.33. The first-order chi connectivity index (χ1) is 7.02. The molecule has 0 spiro atoms. The molecule has 0 fully saturated rings. The van der Waals surface area contributed by atoms with Gasteiger partial charge in [0.25, 0.3) is 0 Å². The molecule has 2 heteroatoms. The molecule has 0 aliphatic rings. The fourth-order valence-electron chi connectivity index (χ4n) is 2.01. The molecule has 1 nitrogen and oxygen atoms in total. The molecule has 0 N–H and O–H groups in total. The van der Waals surface area contributed by atoms with Gasteiger partial charge in [0.1, 0.15) is 0 Å². The van der Waals surface area contributed by atoms with Crippen LogP contribution in [0.15, 0.2) is 18.2 Å². The second kappa shape index (κ2) is 3.46. The first-order valence-electron chi connectivity index (χ1n) is 4.96. The van der Waals surface area contributed by atoms with E-state index < -0.39 is 0 Å². The van der Waals surface area contributed by atoms with Crippen molar-refractivity contribution < 1.29 is 0 Å². The molecular weight excluding hydrogens is 202 g/mol. The Balaban J connectivity index is 3.18. The van der Waals surface area contributed by atoms with Crippen LogP contribution in [-0.2, 0) is 7.05 Å². The van der Waals surface area contributed by atoms with Crippen LogP contribution in [0.25, 0.3) is 22.4 Å². The summed E-state index contributed by atoms with van der Waals surface area (Å²) in [5.74, 6) is 0. The summed E-state index contributed by atoms with van der Waals surface area (Å²) in [7, 11) is 2.04. The summed E-state index contributed by atoms with van der Waals surface area (Å²) in [5.41, 5.74) is 2.48. The fourth-order valence-corrected chi connectivity index (χ4v) is 2.26. The van der Waals surface area contributed by atoms with Crippen molar-refractivity contribution in [3.63, 3.8) is 0 Å². The first kappa shape index (κ1) is 10.4. The van der Waals surface area contributed by atoms with Gasteiger partial charge in [0.15, 0.2) is 0 Å². The van der Waals surface area contributed by atoms with Crippen molar-refractivity contribution in [2.24, 2.45) is 7.05 Å². The highest BCUT2D eigenvalue weighted by Crippen LogP contribution is 2.11. The van der Waals surface area contributed by atoms with E-state index in [1.54, 1.807) is 0 Å². The van der Waals surface area contributed by atoms with Crippen molar-refractivity contribution in [2.75, 3.05) is 0 Å². The first-order valence-corrected chi connectivity index (χ1v) is 5.41. The van der Waals surface area contributed by atoms with Gasteiger partial charge in [-0.2, -0.15) is 0 Å². The van der Waals surface area contributed by atoms with Crippen LogP contribution < -0.4 is 10.6 Å². The largest absolute Gasteiger partial charge is 0.344 e. The number of hydrogen-bond donors (Lipinski definition) is 1. The number of thiol groups is 1. The Morgan fingerprint density at radius 1 is 1.40 bits per heavy atom. The molecule has 15 heavy (non-hydrogen) atoms. The van der Waals surface area contributed by atoms with Crippen LogP contribution in [0.3, 0.4) is 0 Å². The summed E-state index contributed by atoms with van der Waals surface area (Å²) in [6.07, 6.45) is 0. The van der Waals surface area contributed by atoms with Crippen LogP contribution in [0.2, 0.25) is 0 Å². The van der Waals surface area contributed by atoms with E-state index in [0.29, 0.717) is 0 Å². The summed E-state index contributed by atoms with van der Waals surface area (Å²) < 4.78 is 2.11. The van der Waals surface area contributed by atoms with E-state index in [2.05, 4.69) is 48.9 Å². The topological polar surface area (TPSA) is 4.93 Å². The number of rotatable bonds is 0. The summed E-state index contributed by atoms with van der Waals surface area (Å²) in [6.45, 7) is 8.21. The smallest absolute Gasteiger partial charge is 0.0489 e. The maximum absolute atomic E-state index is 4.44. The number of benzene rings is 1. The number of fused-ring (bicyclic) bond motifs is 1. The average molecular weight is 217 g/mol. The molecule has 0 saturated heterocycles. The maximum Gasteiger partial charge on any atom is 0.0489 e. The second-order valence-corrected chi connectivity index (χ2v) is 4.66. The minimum Gasteiger partial charge on any atom is -0.344 e. The van der Waals surface area contributed by atoms with Gasteiger partial charge in [0, 0.05) is 28.5 Å². The van der Waals surface area contributed by atoms with E-state index in [1.165, 1.54) is 21.7 Å². The van der Waals surface area contributed by atoms with Gasteiger partial charge in [-0.1, -0.05) is 18.2 Å². The molecule has 1 aromatic heterocycles. The summed E-state index contributed by atoms with van der Waals surface area (Å²) in [5, 5.41) is 3.44. The highest BCUT2D eigenvalue weighted by atomic mass is 32.1. The lowest BCUT2D eigenvalue weighted by Crippen LogP contribution is -2.26. The second-order valence-electron chi connectivity index (χ2n) is 3.99. The van der Waals surface area contributed by atoms with Crippen LogP contribution in [-0.4, -0.2) is 4.57 Å². The quantitative estimate of drug-likeness (QED) is 0.644. The van der Waals surface area contributed by atoms with Gasteiger partial charge in [-0.3, -0.25) is 0 Å². The Bertz CT molecular complexity index is 631. The Morgan fingerprint density at radius 3 is 2.67 bits per heavy atom. The van der Waals surface area contributed by atoms with Gasteiger partial charge in [-0.25, -0.2) is 0 Å². The monoisotopic (exact) mass is 217 g/mol. The van der Waals surface area contributed by atoms with Gasteiger partial charge in [-0.05, 0) is 30.9 Å². The average Bonchev–Trinajstić information content (AvgIpc) is 2.39. The van der Waals surface area contributed by atoms with Crippen LogP contribution in [0.1, 0.15) is 12.5 Å². The van der Waals surface area contributed by atoms with Crippen molar-refractivity contribution in [1.29, 1.82) is 0 Å². The molecule has 0 amide bonds. The SMILES string of the molecule is C=c1/c(=C(\C)S)c2cc(C)ccc2n1C. The predicted molar refractivity (Wildman–Crippen MR) is 70.5 cm³/mol. The molecule has 1 aromatic carbocycles. The van der Waals surface area contributed by atoms with Gasteiger partial charge in [-0.15, -0.1) is 12.6 Å². The number of aryl methyl sites for hydroxylation is 2. The number of hydrogen-bond acceptors (Lipinski definition) is 1. The van der Waals surface area contributed by atoms with Gasteiger partial charge in [0.2, 0.25) is 0 Å². The highest BCUT2D eigenvalue weighted by molar-refractivity contribution is 7.90. The van der Waals surface area contributed by atoms with Crippen molar-refractivity contribution in [1.82, 2.24) is 4.57 Å². The highest BCUT2D eigenvalue weighted by Gasteiger charge is 2.04. The lowest BCUT2D eigenvalue weighted by molar-refractivity contribution is 0.927. The summed E-state index contributed by atoms with van der Waals surface area (Å²) >= 11 is 4.44. The normalized spacial score (nSPS) is 13.3. The lowest BCUT2D eigenvalue weighted by atomic mass is 10.1. The Hall–Kier alpha value is -1.15. The lowest BCUT2D eigenvalue weighted by Gasteiger charge is -1.96. The predicted octanol–water partition coefficient (Wildman–Crippen LogP) is 1.95. The van der Waals surface area contributed by atoms with Crippen molar-refractivity contribution in [3.05, 3.63) is 34.3 Å². The molecule has 0 aliphatic carbocycles. The third-order valence-electron chi connectivity index (χ3n) is 2.84. The molecule has 0 radical (unpaired) electrons. The fraction of sp³-hybridized carbons (Fsp3) is 0.231. The van der Waals surface area contributed by atoms with Crippen LogP contribution >= 0.6 is 12.6 Å². The molecule has 2 rings (SSSR count). The third kappa shape index (κ3) is 1.49. The zero-order chi connectivity index (χ0) is 11.2. The third-order valence-corrected chi connectivity index (χ3v) is 3.06. The Kier molecular flexibility index (Phi) is 2.39. The molecule has 1 heterocycles. The zero-order valence-corrected chi connectivity index (χ0v) is 10.2. The van der Waals surface area contributed by atoms with Crippen molar-refractivity contribution in [3.8, 4) is 0 Å². The van der Waals surface area contributed by atoms with Crippen LogP contribution in [0, 0.1) is 6.92 Å². The number of aromatic nitrogens is 1. The standard InChI is InChI=1S/C13H15NS/c1-8-5-6-12-11(7-8)13(10(3)15)9(2)14(12)4/h5-7,15H,2H2,1,3-4H3/b13-10-. The molecule has 0 atom stereocenters. The van der Waals surface area contributed by atoms with E-state index >= 15 is 0 Å². The number of nitrogens with zero attached hydrogens (tertiary/aromatic N) is 1. The minimum atomic E-state index is 1.02. The molecule has 0 saturated carbocycles. The van der Waals surface area contributed by atoms with E-state index in [4.69, 9.17) is 0 Å². The summed E-state index contributed by atoms with van der Waals surface area (Å²) in [4.78, 5) is 1.02. The van der Waals surface area contributed by atoms with Gasteiger partial charge < -0.3 is 4.57 Å². The Labute approximate surface area is 95.1 Å². The van der Waals surface area contributed by atoms with Crippen molar-refractivity contribution in [2.45, 2.75) is 13.8 Å². The molecule has 0 bridgehead atoms. The van der Waals surface area contributed by atoms with Crippen LogP contribution in [0.4, 0.5) is 0 Å². The van der Waals surface area contributed by atoms with E-state index in [9.17, 15) is 0 Å². The van der Waals surface area contributed by atoms with E-state index in [-0.39, 0.29) is 0 Å². The van der Waals surface area contributed by atoms with E-state index in [0.717, 1.165) is 10.3 Å². The van der Waals surface area contributed by atoms with Crippen molar-refractivity contribution >= 4 is 35.0 Å². The maximum atomic E-state index is 4.44. The molecule has 0 aliphatic heterocycles. The molecular formula is C13H15NS. The molecule has 2 aromatic rings. The van der Waals surface area contributed by atoms with Crippen LogP contribution in [0.5, 0.6) is 0 Å². The summed E-state index contributed by atoms with van der Waals surface area (Å²) in [6, 6.07) is 6.46. The Morgan fingerprint density at radius 2 is 2.07 bits per heavy atom. The van der Waals surface area contributed by atoms with Gasteiger partial charge >= 0.3 is 0 Å². The minimum absolute atomic E-state index is 1.02. The van der Waals surface area contributed by atoms with Gasteiger partial charge in [0.05, 0.1) is 0 Å². The van der Waals surface area contributed by atoms with E-state index in [1.807, 2.05) is 14.0 Å². The molecule has 78 valence electrons.